The van der Waals surface area contributed by atoms with Crippen LogP contribution in [0.3, 0.4) is 0 Å². The summed E-state index contributed by atoms with van der Waals surface area (Å²) in [5.74, 6) is -0.834. The molecule has 5 unspecified atom stereocenters. The lowest BCUT2D eigenvalue weighted by atomic mass is 9.80. The van der Waals surface area contributed by atoms with Crippen LogP contribution in [0, 0.1) is 10.8 Å². The van der Waals surface area contributed by atoms with E-state index < -0.39 is 44.2 Å². The largest absolute Gasteiger partial charge is 0.465 e. The molecule has 0 N–H and O–H groups in total. The summed E-state index contributed by atoms with van der Waals surface area (Å²) in [4.78, 5) is 22.3. The molecule has 22 heavy (non-hydrogen) atoms. The SMILES string of the molecule is CC(=O)OCC12CC3C(COC(C)=O)(C1)C(OS3(=O)=O)C2I. The Kier molecular flexibility index (Phi) is 3.76. The first kappa shape index (κ1) is 16.4. The van der Waals surface area contributed by atoms with Crippen molar-refractivity contribution < 1.29 is 31.7 Å². The van der Waals surface area contributed by atoms with Crippen molar-refractivity contribution in [3.05, 3.63) is 0 Å². The van der Waals surface area contributed by atoms with Crippen LogP contribution in [0.25, 0.3) is 0 Å². The van der Waals surface area contributed by atoms with Crippen LogP contribution in [0.4, 0.5) is 0 Å². The minimum absolute atomic E-state index is 0.0260. The molecule has 1 saturated heterocycles. The van der Waals surface area contributed by atoms with Crippen LogP contribution >= 0.6 is 22.6 Å². The molecular formula is C13H17IO7S. The van der Waals surface area contributed by atoms with Gasteiger partial charge in [-0.05, 0) is 12.8 Å². The Morgan fingerprint density at radius 1 is 1.23 bits per heavy atom. The lowest BCUT2D eigenvalue weighted by Crippen LogP contribution is -2.46. The standard InChI is InChI=1S/C13H17IO7S/c1-7(15)19-5-12-3-9-13(4-12,6-20-8(2)16)11(10(12)14)21-22(9,17)18/h9-11H,3-6H2,1-2H3. The molecule has 0 aromatic rings. The van der Waals surface area contributed by atoms with Gasteiger partial charge in [0.15, 0.2) is 0 Å². The van der Waals surface area contributed by atoms with Crippen molar-refractivity contribution in [2.24, 2.45) is 10.8 Å². The molecule has 9 heteroatoms. The molecular weight excluding hydrogens is 427 g/mol. The first-order valence-corrected chi connectivity index (χ1v) is 9.68. The average Bonchev–Trinajstić information content (AvgIpc) is 2.91. The summed E-state index contributed by atoms with van der Waals surface area (Å²) < 4.78 is 40.1. The zero-order valence-corrected chi connectivity index (χ0v) is 15.2. The Morgan fingerprint density at radius 3 is 2.41 bits per heavy atom. The molecule has 0 amide bonds. The molecule has 3 fully saturated rings. The summed E-state index contributed by atoms with van der Waals surface area (Å²) in [6, 6.07) is 0. The van der Waals surface area contributed by atoms with Gasteiger partial charge >= 0.3 is 11.9 Å². The summed E-state index contributed by atoms with van der Waals surface area (Å²) in [7, 11) is -3.68. The molecule has 5 atom stereocenters. The smallest absolute Gasteiger partial charge is 0.302 e. The van der Waals surface area contributed by atoms with E-state index in [9.17, 15) is 18.0 Å². The molecule has 2 aliphatic carbocycles. The van der Waals surface area contributed by atoms with Crippen LogP contribution in [-0.2, 0) is 33.4 Å². The second kappa shape index (κ2) is 5.04. The van der Waals surface area contributed by atoms with E-state index in [1.807, 2.05) is 0 Å². The van der Waals surface area contributed by atoms with Crippen LogP contribution in [0.5, 0.6) is 0 Å². The number of ether oxygens (including phenoxy) is 2. The second-order valence-corrected chi connectivity index (χ2v) is 9.53. The Balaban J connectivity index is 1.94. The average molecular weight is 444 g/mol. The molecule has 0 aromatic carbocycles. The maximum atomic E-state index is 12.3. The summed E-state index contributed by atoms with van der Waals surface area (Å²) in [6.45, 7) is 2.82. The van der Waals surface area contributed by atoms with Crippen molar-refractivity contribution in [1.29, 1.82) is 0 Å². The van der Waals surface area contributed by atoms with E-state index in [1.54, 1.807) is 0 Å². The van der Waals surface area contributed by atoms with Gasteiger partial charge in [-0.15, -0.1) is 0 Å². The van der Waals surface area contributed by atoms with Gasteiger partial charge in [0.05, 0.1) is 23.4 Å². The molecule has 3 rings (SSSR count). The number of hydrogen-bond acceptors (Lipinski definition) is 7. The summed E-state index contributed by atoms with van der Waals surface area (Å²) in [5.41, 5.74) is -1.16. The predicted octanol–water partition coefficient (Wildman–Crippen LogP) is 0.794. The number of halogens is 1. The predicted molar refractivity (Wildman–Crippen MR) is 82.8 cm³/mol. The maximum Gasteiger partial charge on any atom is 0.302 e. The van der Waals surface area contributed by atoms with Crippen LogP contribution in [0.2, 0.25) is 0 Å². The second-order valence-electron chi connectivity index (χ2n) is 6.44. The number of alkyl halides is 1. The highest BCUT2D eigenvalue weighted by atomic mass is 127. The number of fused-ring (bicyclic) bond motifs is 1. The van der Waals surface area contributed by atoms with Crippen LogP contribution in [0.1, 0.15) is 26.7 Å². The van der Waals surface area contributed by atoms with E-state index in [0.717, 1.165) is 0 Å². The van der Waals surface area contributed by atoms with Gasteiger partial charge in [-0.1, -0.05) is 22.6 Å². The number of carbonyl (C=O) groups is 2. The van der Waals surface area contributed by atoms with Gasteiger partial charge < -0.3 is 9.47 Å². The van der Waals surface area contributed by atoms with E-state index in [0.29, 0.717) is 12.8 Å². The zero-order chi connectivity index (χ0) is 16.3. The lowest BCUT2D eigenvalue weighted by molar-refractivity contribution is -0.145. The van der Waals surface area contributed by atoms with E-state index in [2.05, 4.69) is 22.6 Å². The Labute approximate surface area is 142 Å². The minimum atomic E-state index is -3.68. The molecule has 2 bridgehead atoms. The van der Waals surface area contributed by atoms with Crippen LogP contribution < -0.4 is 0 Å². The summed E-state index contributed by atoms with van der Waals surface area (Å²) in [6.07, 6.45) is 0.350. The molecule has 7 nitrogen and oxygen atoms in total. The van der Waals surface area contributed by atoms with Crippen molar-refractivity contribution in [1.82, 2.24) is 0 Å². The van der Waals surface area contributed by atoms with E-state index in [4.69, 9.17) is 13.7 Å². The molecule has 124 valence electrons. The zero-order valence-electron chi connectivity index (χ0n) is 12.2. The van der Waals surface area contributed by atoms with Crippen LogP contribution in [0.15, 0.2) is 0 Å². The van der Waals surface area contributed by atoms with Gasteiger partial charge in [-0.25, -0.2) is 0 Å². The highest BCUT2D eigenvalue weighted by Crippen LogP contribution is 2.70. The highest BCUT2D eigenvalue weighted by molar-refractivity contribution is 14.1. The first-order valence-electron chi connectivity index (χ1n) is 6.96. The summed E-state index contributed by atoms with van der Waals surface area (Å²) in [5, 5.41) is -0.703. The highest BCUT2D eigenvalue weighted by Gasteiger charge is 2.78. The van der Waals surface area contributed by atoms with Crippen molar-refractivity contribution in [3.8, 4) is 0 Å². The topological polar surface area (TPSA) is 96.0 Å². The lowest BCUT2D eigenvalue weighted by Gasteiger charge is -2.34. The number of esters is 2. The first-order chi connectivity index (χ1) is 10.1. The molecule has 0 spiro atoms. The van der Waals surface area contributed by atoms with Gasteiger partial charge in [-0.3, -0.25) is 13.8 Å². The third-order valence-corrected chi connectivity index (χ3v) is 8.81. The molecule has 3 aliphatic rings. The minimum Gasteiger partial charge on any atom is -0.465 e. The van der Waals surface area contributed by atoms with Crippen molar-refractivity contribution in [2.45, 2.75) is 42.0 Å². The fraction of sp³-hybridized carbons (Fsp3) is 0.846. The van der Waals surface area contributed by atoms with Crippen molar-refractivity contribution >= 4 is 44.6 Å². The Morgan fingerprint density at radius 2 is 1.82 bits per heavy atom. The molecule has 2 saturated carbocycles. The Bertz CT molecular complexity index is 632. The fourth-order valence-electron chi connectivity index (χ4n) is 4.16. The normalized spacial score (nSPS) is 44.0. The third kappa shape index (κ3) is 2.19. The van der Waals surface area contributed by atoms with Crippen LogP contribution in [-0.4, -0.2) is 48.8 Å². The van der Waals surface area contributed by atoms with Gasteiger partial charge in [-0.2, -0.15) is 8.42 Å². The third-order valence-electron chi connectivity index (χ3n) is 5.03. The van der Waals surface area contributed by atoms with E-state index in [-0.39, 0.29) is 17.1 Å². The molecule has 0 radical (unpaired) electrons. The maximum absolute atomic E-state index is 12.3. The number of rotatable bonds is 4. The van der Waals surface area contributed by atoms with Gasteiger partial charge in [0.2, 0.25) is 0 Å². The van der Waals surface area contributed by atoms with Crippen molar-refractivity contribution in [2.75, 3.05) is 13.2 Å². The van der Waals surface area contributed by atoms with Gasteiger partial charge in [0.25, 0.3) is 10.1 Å². The number of hydrogen-bond donors (Lipinski definition) is 0. The Hall–Kier alpha value is -0.420. The fourth-order valence-corrected chi connectivity index (χ4v) is 8.00. The summed E-state index contributed by atoms with van der Waals surface area (Å²) >= 11 is 2.18. The van der Waals surface area contributed by atoms with Crippen molar-refractivity contribution in [3.63, 3.8) is 0 Å². The van der Waals surface area contributed by atoms with Gasteiger partial charge in [0, 0.05) is 23.2 Å². The van der Waals surface area contributed by atoms with Gasteiger partial charge in [0.1, 0.15) is 6.61 Å². The van der Waals surface area contributed by atoms with E-state index in [1.165, 1.54) is 13.8 Å². The number of carbonyl (C=O) groups excluding carboxylic acids is 2. The quantitative estimate of drug-likeness (QED) is 0.274. The molecule has 1 aliphatic heterocycles. The molecule has 0 aromatic heterocycles. The molecule has 1 heterocycles. The van der Waals surface area contributed by atoms with E-state index >= 15 is 0 Å². The monoisotopic (exact) mass is 444 g/mol.